The number of hydrogen-bond donors (Lipinski definition) is 1. The number of fused-ring (bicyclic) bond motifs is 3. The van der Waals surface area contributed by atoms with Gasteiger partial charge in [0.1, 0.15) is 5.69 Å². The second kappa shape index (κ2) is 6.78. The Labute approximate surface area is 179 Å². The van der Waals surface area contributed by atoms with Crippen LogP contribution in [0, 0.1) is 5.82 Å². The van der Waals surface area contributed by atoms with E-state index in [0.717, 1.165) is 25.0 Å². The van der Waals surface area contributed by atoms with Gasteiger partial charge >= 0.3 is 0 Å². The molecule has 1 aliphatic carbocycles. The van der Waals surface area contributed by atoms with Gasteiger partial charge in [-0.05, 0) is 46.1 Å². The molecule has 1 saturated carbocycles. The van der Waals surface area contributed by atoms with Crippen LogP contribution in [0.25, 0.3) is 5.65 Å². The predicted molar refractivity (Wildman–Crippen MR) is 112 cm³/mol. The maximum Gasteiger partial charge on any atom is 0.276 e. The molecule has 1 aliphatic heterocycles. The van der Waals surface area contributed by atoms with E-state index in [9.17, 15) is 4.79 Å². The number of amides is 1. The SMILES string of the molecule is CC(C)Oc1c(NC(=O)c2ccn(C)n2)cn2cc(C34CCC(C)(C3)OC4)nc2c1F. The van der Waals surface area contributed by atoms with Gasteiger partial charge in [-0.1, -0.05) is 0 Å². The van der Waals surface area contributed by atoms with E-state index in [-0.39, 0.29) is 39.9 Å². The number of ether oxygens (including phenoxy) is 2. The Morgan fingerprint density at radius 1 is 1.35 bits per heavy atom. The van der Waals surface area contributed by atoms with Crippen molar-refractivity contribution in [2.75, 3.05) is 11.9 Å². The molecule has 1 N–H and O–H groups in total. The van der Waals surface area contributed by atoms with Gasteiger partial charge in [0.25, 0.3) is 5.91 Å². The number of carbonyl (C=O) groups is 1. The summed E-state index contributed by atoms with van der Waals surface area (Å²) in [6.07, 6.45) is 7.69. The lowest BCUT2D eigenvalue weighted by molar-refractivity contribution is -0.00627. The molecule has 8 nitrogen and oxygen atoms in total. The summed E-state index contributed by atoms with van der Waals surface area (Å²) in [6.45, 7) is 6.32. The number of pyridine rings is 1. The minimum Gasteiger partial charge on any atom is -0.486 e. The average molecular weight is 427 g/mol. The summed E-state index contributed by atoms with van der Waals surface area (Å²) in [4.78, 5) is 17.3. The highest BCUT2D eigenvalue weighted by atomic mass is 19.1. The first-order chi connectivity index (χ1) is 14.7. The molecule has 3 aromatic rings. The average Bonchev–Trinajstić information content (AvgIpc) is 3.46. The number of halogens is 1. The largest absolute Gasteiger partial charge is 0.486 e. The van der Waals surface area contributed by atoms with Gasteiger partial charge in [0.2, 0.25) is 5.82 Å². The van der Waals surface area contributed by atoms with Crippen LogP contribution in [-0.4, -0.2) is 43.4 Å². The lowest BCUT2D eigenvalue weighted by Crippen LogP contribution is -2.26. The summed E-state index contributed by atoms with van der Waals surface area (Å²) >= 11 is 0. The van der Waals surface area contributed by atoms with Crippen molar-refractivity contribution >= 4 is 17.2 Å². The smallest absolute Gasteiger partial charge is 0.276 e. The van der Waals surface area contributed by atoms with Gasteiger partial charge in [0, 0.05) is 31.1 Å². The molecule has 2 unspecified atom stereocenters. The summed E-state index contributed by atoms with van der Waals surface area (Å²) in [6, 6.07) is 1.60. The molecule has 1 saturated heterocycles. The van der Waals surface area contributed by atoms with Crippen LogP contribution in [0.3, 0.4) is 0 Å². The molecule has 0 aromatic carbocycles. The second-order valence-electron chi connectivity index (χ2n) is 9.23. The molecule has 2 bridgehead atoms. The third-order valence-electron chi connectivity index (χ3n) is 6.27. The number of nitrogens with one attached hydrogen (secondary N) is 1. The molecule has 1 amide bonds. The normalized spacial score (nSPS) is 25.0. The number of hydrogen-bond acceptors (Lipinski definition) is 5. The summed E-state index contributed by atoms with van der Waals surface area (Å²) < 4.78 is 30.4. The van der Waals surface area contributed by atoms with E-state index in [1.807, 2.05) is 6.20 Å². The third kappa shape index (κ3) is 3.27. The van der Waals surface area contributed by atoms with Gasteiger partial charge in [-0.3, -0.25) is 9.48 Å². The van der Waals surface area contributed by atoms with Crippen LogP contribution in [0.2, 0.25) is 0 Å². The van der Waals surface area contributed by atoms with E-state index in [1.54, 1.807) is 43.8 Å². The van der Waals surface area contributed by atoms with Crippen molar-refractivity contribution in [3.05, 3.63) is 41.9 Å². The maximum absolute atomic E-state index is 15.6. The van der Waals surface area contributed by atoms with Crippen molar-refractivity contribution in [3.8, 4) is 5.75 Å². The number of rotatable bonds is 5. The van der Waals surface area contributed by atoms with Crippen LogP contribution in [0.1, 0.15) is 56.2 Å². The van der Waals surface area contributed by atoms with Crippen LogP contribution in [0.15, 0.2) is 24.7 Å². The first-order valence-electron chi connectivity index (χ1n) is 10.5. The van der Waals surface area contributed by atoms with Gasteiger partial charge in [-0.2, -0.15) is 9.49 Å². The molecule has 0 radical (unpaired) electrons. The molecular formula is C22H26FN5O3. The fraction of sp³-hybridized carbons (Fsp3) is 0.500. The number of aromatic nitrogens is 4. The van der Waals surface area contributed by atoms with Gasteiger partial charge < -0.3 is 19.2 Å². The van der Waals surface area contributed by atoms with Crippen LogP contribution in [0.5, 0.6) is 5.75 Å². The van der Waals surface area contributed by atoms with Crippen molar-refractivity contribution in [2.45, 2.75) is 57.2 Å². The first kappa shape index (κ1) is 20.0. The van der Waals surface area contributed by atoms with Gasteiger partial charge in [-0.15, -0.1) is 0 Å². The van der Waals surface area contributed by atoms with Crippen molar-refractivity contribution in [1.29, 1.82) is 0 Å². The van der Waals surface area contributed by atoms with Crippen LogP contribution in [0.4, 0.5) is 10.1 Å². The zero-order valence-electron chi connectivity index (χ0n) is 18.1. The van der Waals surface area contributed by atoms with Crippen molar-refractivity contribution in [2.24, 2.45) is 7.05 Å². The van der Waals surface area contributed by atoms with Crippen molar-refractivity contribution in [1.82, 2.24) is 19.2 Å². The topological polar surface area (TPSA) is 82.7 Å². The van der Waals surface area contributed by atoms with E-state index in [1.165, 1.54) is 4.68 Å². The molecule has 31 heavy (non-hydrogen) atoms. The molecule has 2 fully saturated rings. The lowest BCUT2D eigenvalue weighted by atomic mass is 9.84. The zero-order chi connectivity index (χ0) is 22.0. The summed E-state index contributed by atoms with van der Waals surface area (Å²) in [5, 5.41) is 6.85. The second-order valence-corrected chi connectivity index (χ2v) is 9.23. The van der Waals surface area contributed by atoms with E-state index in [4.69, 9.17) is 9.47 Å². The predicted octanol–water partition coefficient (Wildman–Crippen LogP) is 3.46. The summed E-state index contributed by atoms with van der Waals surface area (Å²) in [7, 11) is 1.73. The van der Waals surface area contributed by atoms with E-state index >= 15 is 4.39 Å². The molecule has 4 heterocycles. The van der Waals surface area contributed by atoms with Crippen LogP contribution < -0.4 is 10.1 Å². The number of imidazole rings is 1. The van der Waals surface area contributed by atoms with Gasteiger partial charge in [0.15, 0.2) is 17.1 Å². The Kier molecular flexibility index (Phi) is 4.37. The van der Waals surface area contributed by atoms with Gasteiger partial charge in [0.05, 0.1) is 24.0 Å². The molecule has 2 aliphatic rings. The van der Waals surface area contributed by atoms with Crippen LogP contribution in [-0.2, 0) is 17.2 Å². The molecular weight excluding hydrogens is 401 g/mol. The lowest BCUT2D eigenvalue weighted by Gasteiger charge is -2.24. The van der Waals surface area contributed by atoms with E-state index in [0.29, 0.717) is 6.61 Å². The van der Waals surface area contributed by atoms with Crippen molar-refractivity contribution < 1.29 is 18.7 Å². The molecule has 0 spiro atoms. The Morgan fingerprint density at radius 3 is 2.74 bits per heavy atom. The molecule has 3 aromatic heterocycles. The molecule has 164 valence electrons. The quantitative estimate of drug-likeness (QED) is 0.674. The van der Waals surface area contributed by atoms with E-state index < -0.39 is 11.7 Å². The standard InChI is InChI=1S/C22H26FN5O3/c1-13(2)31-18-15(24-20(29)14-5-8-27(4)26-14)9-28-10-16(25-19(28)17(18)23)22-7-6-21(3,11-22)30-12-22/h5,8-10,13H,6-7,11-12H2,1-4H3,(H,24,29). The number of aryl methyl sites for hydroxylation is 1. The molecule has 2 atom stereocenters. The highest BCUT2D eigenvalue weighted by Crippen LogP contribution is 2.53. The molecule has 5 rings (SSSR count). The zero-order valence-corrected chi connectivity index (χ0v) is 18.1. The fourth-order valence-corrected chi connectivity index (χ4v) is 4.74. The van der Waals surface area contributed by atoms with Gasteiger partial charge in [-0.25, -0.2) is 4.98 Å². The maximum atomic E-state index is 15.6. The van der Waals surface area contributed by atoms with Crippen molar-refractivity contribution in [3.63, 3.8) is 0 Å². The molecule has 9 heteroatoms. The van der Waals surface area contributed by atoms with E-state index in [2.05, 4.69) is 22.3 Å². The fourth-order valence-electron chi connectivity index (χ4n) is 4.74. The third-order valence-corrected chi connectivity index (χ3v) is 6.27. The minimum absolute atomic E-state index is 0.0274. The number of nitrogens with zero attached hydrogens (tertiary/aromatic N) is 4. The highest BCUT2D eigenvalue weighted by Gasteiger charge is 2.55. The Hall–Kier alpha value is -2.94. The Bertz CT molecular complexity index is 1170. The first-order valence-corrected chi connectivity index (χ1v) is 10.5. The Balaban J connectivity index is 1.57. The monoisotopic (exact) mass is 427 g/mol. The summed E-state index contributed by atoms with van der Waals surface area (Å²) in [5.41, 5.74) is 1.14. The highest BCUT2D eigenvalue weighted by molar-refractivity contribution is 6.03. The summed E-state index contributed by atoms with van der Waals surface area (Å²) in [5.74, 6) is -1.07. The van der Waals surface area contributed by atoms with Crippen LogP contribution >= 0.6 is 0 Å². The minimum atomic E-state index is -0.602. The number of carbonyl (C=O) groups excluding carboxylic acids is 1. The number of anilines is 1. The Morgan fingerprint density at radius 2 is 2.16 bits per heavy atom.